The molecule has 2 saturated heterocycles. The van der Waals surface area contributed by atoms with E-state index in [0.29, 0.717) is 25.0 Å². The fourth-order valence-corrected chi connectivity index (χ4v) is 6.63. The number of carbonyl (C=O) groups is 1. The van der Waals surface area contributed by atoms with Gasteiger partial charge in [0.1, 0.15) is 5.75 Å². The number of nitrogens with zero attached hydrogens (tertiary/aromatic N) is 1. The van der Waals surface area contributed by atoms with Gasteiger partial charge in [-0.05, 0) is 43.5 Å². The van der Waals surface area contributed by atoms with Gasteiger partial charge in [0.2, 0.25) is 15.9 Å². The summed E-state index contributed by atoms with van der Waals surface area (Å²) >= 11 is 0. The van der Waals surface area contributed by atoms with Crippen LogP contribution in [0.2, 0.25) is 0 Å². The Morgan fingerprint density at radius 2 is 1.78 bits per heavy atom. The molecule has 0 aromatic heterocycles. The summed E-state index contributed by atoms with van der Waals surface area (Å²) in [4.78, 5) is 12.6. The Bertz CT molecular complexity index is 888. The zero-order valence-corrected chi connectivity index (χ0v) is 16.8. The molecule has 27 heavy (non-hydrogen) atoms. The van der Waals surface area contributed by atoms with Gasteiger partial charge in [-0.1, -0.05) is 0 Å². The molecule has 2 aliphatic heterocycles. The summed E-state index contributed by atoms with van der Waals surface area (Å²) < 4.78 is 54.9. The minimum absolute atomic E-state index is 0.0105. The Labute approximate surface area is 159 Å². The van der Waals surface area contributed by atoms with Crippen LogP contribution in [0.5, 0.6) is 5.75 Å². The van der Waals surface area contributed by atoms with E-state index in [2.05, 4.69) is 5.32 Å². The zero-order chi connectivity index (χ0) is 19.7. The van der Waals surface area contributed by atoms with Crippen molar-refractivity contribution in [2.75, 3.05) is 31.7 Å². The summed E-state index contributed by atoms with van der Waals surface area (Å²) in [5, 5.41) is 2.80. The van der Waals surface area contributed by atoms with Crippen molar-refractivity contribution in [1.82, 2.24) is 9.62 Å². The standard InChI is InChI=1S/C17H24N2O6S2/c1-25-15-2-4-16(5-3-15)27(23,24)19-9-6-13(7-10-19)17(20)18-14-8-11-26(21,22)12-14/h2-5,13-14H,6-12H2,1H3,(H,18,20). The van der Waals surface area contributed by atoms with Crippen molar-refractivity contribution < 1.29 is 26.4 Å². The number of hydrogen-bond donors (Lipinski definition) is 1. The summed E-state index contributed by atoms with van der Waals surface area (Å²) in [5.74, 6) is 0.201. The number of sulfonamides is 1. The molecule has 1 aromatic rings. The van der Waals surface area contributed by atoms with E-state index in [1.165, 1.54) is 23.5 Å². The molecule has 150 valence electrons. The summed E-state index contributed by atoms with van der Waals surface area (Å²) in [6.07, 6.45) is 1.28. The normalized spacial score (nSPS) is 23.8. The van der Waals surface area contributed by atoms with E-state index < -0.39 is 19.9 Å². The average molecular weight is 417 g/mol. The number of benzene rings is 1. The molecule has 2 fully saturated rings. The van der Waals surface area contributed by atoms with Gasteiger partial charge in [0.15, 0.2) is 9.84 Å². The number of amides is 1. The molecule has 1 aromatic carbocycles. The molecule has 0 radical (unpaired) electrons. The Morgan fingerprint density at radius 1 is 1.15 bits per heavy atom. The van der Waals surface area contributed by atoms with Crippen LogP contribution in [-0.2, 0) is 24.7 Å². The van der Waals surface area contributed by atoms with Crippen LogP contribution in [0.25, 0.3) is 0 Å². The predicted octanol–water partition coefficient (Wildman–Crippen LogP) is 0.399. The highest BCUT2D eigenvalue weighted by Gasteiger charge is 2.34. The van der Waals surface area contributed by atoms with Crippen LogP contribution in [0.15, 0.2) is 29.2 Å². The highest BCUT2D eigenvalue weighted by Crippen LogP contribution is 2.25. The van der Waals surface area contributed by atoms with E-state index in [4.69, 9.17) is 4.74 Å². The summed E-state index contributed by atoms with van der Waals surface area (Å²) in [6, 6.07) is 5.88. The maximum Gasteiger partial charge on any atom is 0.243 e. The molecule has 0 bridgehead atoms. The third kappa shape index (κ3) is 4.61. The highest BCUT2D eigenvalue weighted by molar-refractivity contribution is 7.91. The first-order valence-electron chi connectivity index (χ1n) is 8.86. The lowest BCUT2D eigenvalue weighted by molar-refractivity contribution is -0.126. The first kappa shape index (κ1) is 20.1. The fourth-order valence-electron chi connectivity index (χ4n) is 3.48. The van der Waals surface area contributed by atoms with Crippen LogP contribution in [0.3, 0.4) is 0 Å². The van der Waals surface area contributed by atoms with Crippen molar-refractivity contribution in [2.24, 2.45) is 5.92 Å². The van der Waals surface area contributed by atoms with Crippen molar-refractivity contribution in [1.29, 1.82) is 0 Å². The number of sulfone groups is 1. The lowest BCUT2D eigenvalue weighted by Crippen LogP contribution is -2.45. The predicted molar refractivity (Wildman–Crippen MR) is 99.7 cm³/mol. The molecule has 8 nitrogen and oxygen atoms in total. The fraction of sp³-hybridized carbons (Fsp3) is 0.588. The van der Waals surface area contributed by atoms with Gasteiger partial charge in [0, 0.05) is 25.0 Å². The van der Waals surface area contributed by atoms with E-state index in [1.54, 1.807) is 12.1 Å². The van der Waals surface area contributed by atoms with E-state index in [0.717, 1.165) is 0 Å². The average Bonchev–Trinajstić information content (AvgIpc) is 3.00. The lowest BCUT2D eigenvalue weighted by atomic mass is 9.97. The van der Waals surface area contributed by atoms with Gasteiger partial charge in [-0.15, -0.1) is 0 Å². The maximum atomic E-state index is 12.7. The second-order valence-electron chi connectivity index (χ2n) is 6.96. The van der Waals surface area contributed by atoms with Gasteiger partial charge in [-0.2, -0.15) is 4.31 Å². The number of rotatable bonds is 5. The van der Waals surface area contributed by atoms with Gasteiger partial charge in [0.05, 0.1) is 23.5 Å². The number of ether oxygens (including phenoxy) is 1. The molecule has 2 heterocycles. The smallest absolute Gasteiger partial charge is 0.243 e. The quantitative estimate of drug-likeness (QED) is 0.744. The molecular formula is C17H24N2O6S2. The largest absolute Gasteiger partial charge is 0.497 e. The van der Waals surface area contributed by atoms with Gasteiger partial charge >= 0.3 is 0 Å². The van der Waals surface area contributed by atoms with E-state index >= 15 is 0 Å². The second-order valence-corrected chi connectivity index (χ2v) is 11.1. The Kier molecular flexibility index (Phi) is 5.78. The number of methoxy groups -OCH3 is 1. The lowest BCUT2D eigenvalue weighted by Gasteiger charge is -2.31. The Hall–Kier alpha value is -1.65. The van der Waals surface area contributed by atoms with Crippen LogP contribution in [-0.4, -0.2) is 64.8 Å². The highest BCUT2D eigenvalue weighted by atomic mass is 32.2. The van der Waals surface area contributed by atoms with Crippen LogP contribution >= 0.6 is 0 Å². The first-order chi connectivity index (χ1) is 12.7. The van der Waals surface area contributed by atoms with Crippen molar-refractivity contribution >= 4 is 25.8 Å². The minimum Gasteiger partial charge on any atom is -0.497 e. The Balaban J connectivity index is 1.57. The van der Waals surface area contributed by atoms with Gasteiger partial charge in [-0.25, -0.2) is 16.8 Å². The molecular weight excluding hydrogens is 392 g/mol. The molecule has 10 heteroatoms. The Morgan fingerprint density at radius 3 is 2.30 bits per heavy atom. The van der Waals surface area contributed by atoms with Gasteiger partial charge in [-0.3, -0.25) is 4.79 Å². The number of hydrogen-bond acceptors (Lipinski definition) is 6. The maximum absolute atomic E-state index is 12.7. The van der Waals surface area contributed by atoms with Gasteiger partial charge < -0.3 is 10.1 Å². The van der Waals surface area contributed by atoms with Crippen LogP contribution in [0, 0.1) is 5.92 Å². The molecule has 2 aliphatic rings. The van der Waals surface area contributed by atoms with E-state index in [9.17, 15) is 21.6 Å². The number of carbonyl (C=O) groups excluding carboxylic acids is 1. The van der Waals surface area contributed by atoms with Crippen molar-refractivity contribution in [3.8, 4) is 5.75 Å². The second kappa shape index (κ2) is 7.76. The van der Waals surface area contributed by atoms with Gasteiger partial charge in [0.25, 0.3) is 0 Å². The van der Waals surface area contributed by atoms with Crippen molar-refractivity contribution in [3.05, 3.63) is 24.3 Å². The molecule has 0 saturated carbocycles. The van der Waals surface area contributed by atoms with Crippen LogP contribution in [0.1, 0.15) is 19.3 Å². The topological polar surface area (TPSA) is 110 Å². The molecule has 0 aliphatic carbocycles. The van der Waals surface area contributed by atoms with E-state index in [1.807, 2.05) is 0 Å². The van der Waals surface area contributed by atoms with Crippen LogP contribution < -0.4 is 10.1 Å². The molecule has 1 amide bonds. The molecule has 3 rings (SSSR count). The zero-order valence-electron chi connectivity index (χ0n) is 15.1. The third-order valence-electron chi connectivity index (χ3n) is 5.10. The monoisotopic (exact) mass is 416 g/mol. The number of nitrogens with one attached hydrogen (secondary N) is 1. The molecule has 1 unspecified atom stereocenters. The first-order valence-corrected chi connectivity index (χ1v) is 12.1. The molecule has 1 N–H and O–H groups in total. The summed E-state index contributed by atoms with van der Waals surface area (Å²) in [6.45, 7) is 0.519. The number of piperidine rings is 1. The van der Waals surface area contributed by atoms with Crippen LogP contribution in [0.4, 0.5) is 0 Å². The van der Waals surface area contributed by atoms with Crippen molar-refractivity contribution in [3.63, 3.8) is 0 Å². The SMILES string of the molecule is COc1ccc(S(=O)(=O)N2CCC(C(=O)NC3CCS(=O)(=O)C3)CC2)cc1. The van der Waals surface area contributed by atoms with E-state index in [-0.39, 0.29) is 47.4 Å². The summed E-state index contributed by atoms with van der Waals surface area (Å²) in [7, 11) is -5.14. The molecule has 0 spiro atoms. The third-order valence-corrected chi connectivity index (χ3v) is 8.78. The molecule has 1 atom stereocenters. The minimum atomic E-state index is -3.61. The van der Waals surface area contributed by atoms with Crippen molar-refractivity contribution in [2.45, 2.75) is 30.2 Å². The summed E-state index contributed by atoms with van der Waals surface area (Å²) in [5.41, 5.74) is 0.